The zero-order chi connectivity index (χ0) is 21.3. The minimum absolute atomic E-state index is 1.01. The van der Waals surface area contributed by atoms with Gasteiger partial charge >= 0.3 is 0 Å². The third-order valence-electron chi connectivity index (χ3n) is 6.79. The highest BCUT2D eigenvalue weighted by atomic mass is 14.1. The van der Waals surface area contributed by atoms with E-state index in [0.29, 0.717) is 0 Å². The van der Waals surface area contributed by atoms with E-state index in [2.05, 4.69) is 20.8 Å². The molecule has 29 heavy (non-hydrogen) atoms. The second-order valence-electron chi connectivity index (χ2n) is 9.80. The Kier molecular flexibility index (Phi) is 26.0. The molecule has 0 aromatic rings. The summed E-state index contributed by atoms with van der Waals surface area (Å²) in [4.78, 5) is 0. The first-order valence-electron chi connectivity index (χ1n) is 14.1. The van der Waals surface area contributed by atoms with Crippen molar-refractivity contribution in [1.82, 2.24) is 0 Å². The van der Waals surface area contributed by atoms with Gasteiger partial charge in [0.1, 0.15) is 0 Å². The van der Waals surface area contributed by atoms with E-state index >= 15 is 0 Å². The molecule has 0 aromatic heterocycles. The van der Waals surface area contributed by atoms with Gasteiger partial charge in [-0.3, -0.25) is 0 Å². The van der Waals surface area contributed by atoms with E-state index in [0.717, 1.165) is 12.3 Å². The van der Waals surface area contributed by atoms with E-state index in [1.807, 2.05) is 0 Å². The molecular formula is C29H59. The van der Waals surface area contributed by atoms with Crippen LogP contribution in [0.5, 0.6) is 0 Å². The molecule has 0 heterocycles. The van der Waals surface area contributed by atoms with Gasteiger partial charge in [0.2, 0.25) is 0 Å². The van der Waals surface area contributed by atoms with Crippen LogP contribution in [0.3, 0.4) is 0 Å². The molecule has 0 bridgehead atoms. The van der Waals surface area contributed by atoms with Gasteiger partial charge in [-0.15, -0.1) is 0 Å². The lowest BCUT2D eigenvalue weighted by atomic mass is 9.89. The van der Waals surface area contributed by atoms with E-state index in [4.69, 9.17) is 0 Å². The summed E-state index contributed by atoms with van der Waals surface area (Å²) in [6.07, 6.45) is 36.2. The Labute approximate surface area is 187 Å². The van der Waals surface area contributed by atoms with Gasteiger partial charge in [0.25, 0.3) is 0 Å². The first-order chi connectivity index (χ1) is 14.3. The van der Waals surface area contributed by atoms with Crippen LogP contribution in [0.25, 0.3) is 0 Å². The van der Waals surface area contributed by atoms with E-state index in [9.17, 15) is 0 Å². The lowest BCUT2D eigenvalue weighted by Gasteiger charge is -2.17. The van der Waals surface area contributed by atoms with Crippen molar-refractivity contribution in [3.63, 3.8) is 0 Å². The summed E-state index contributed by atoms with van der Waals surface area (Å²) in [5.74, 6) is 1.01. The smallest absolute Gasteiger partial charge is 0.0414 e. The van der Waals surface area contributed by atoms with Crippen LogP contribution in [0.1, 0.15) is 174 Å². The van der Waals surface area contributed by atoms with Crippen LogP contribution in [0, 0.1) is 12.8 Å². The van der Waals surface area contributed by atoms with Gasteiger partial charge in [0.05, 0.1) is 0 Å². The Morgan fingerprint density at radius 1 is 0.379 bits per heavy atom. The van der Waals surface area contributed by atoms with Crippen molar-refractivity contribution in [1.29, 1.82) is 0 Å². The minimum Gasteiger partial charge on any atom is -0.0654 e. The fourth-order valence-electron chi connectivity index (χ4n) is 4.71. The zero-order valence-electron chi connectivity index (χ0n) is 21.0. The molecule has 0 amide bonds. The Morgan fingerprint density at radius 3 is 0.966 bits per heavy atom. The Hall–Kier alpha value is 0. The summed E-state index contributed by atoms with van der Waals surface area (Å²) in [5.41, 5.74) is 0. The van der Waals surface area contributed by atoms with Crippen molar-refractivity contribution >= 4 is 0 Å². The number of rotatable bonds is 25. The van der Waals surface area contributed by atoms with Crippen molar-refractivity contribution in [3.8, 4) is 0 Å². The number of hydrogen-bond acceptors (Lipinski definition) is 0. The second-order valence-corrected chi connectivity index (χ2v) is 9.80. The molecule has 0 heteroatoms. The van der Waals surface area contributed by atoms with Gasteiger partial charge in [0.15, 0.2) is 0 Å². The van der Waals surface area contributed by atoms with Crippen molar-refractivity contribution in [2.24, 2.45) is 5.92 Å². The van der Waals surface area contributed by atoms with Crippen LogP contribution in [0.4, 0.5) is 0 Å². The third kappa shape index (κ3) is 24.1. The predicted octanol–water partition coefficient (Wildman–Crippen LogP) is 11.2. The predicted molar refractivity (Wildman–Crippen MR) is 136 cm³/mol. The molecule has 0 aliphatic carbocycles. The molecule has 1 unspecified atom stereocenters. The molecule has 1 radical (unpaired) electrons. The molecule has 0 saturated carbocycles. The monoisotopic (exact) mass is 407 g/mol. The standard InChI is InChI=1S/C29H59/c1-4-7-10-12-14-16-17-18-20-22-25-28-29(26-23-9-6-3)27-24-21-19-15-13-11-8-5-2/h29H,3-28H2,1-2H3. The van der Waals surface area contributed by atoms with E-state index < -0.39 is 0 Å². The number of unbranched alkanes of at least 4 members (excludes halogenated alkanes) is 19. The maximum Gasteiger partial charge on any atom is -0.0414 e. The maximum absolute atomic E-state index is 4.03. The van der Waals surface area contributed by atoms with Gasteiger partial charge < -0.3 is 0 Å². The molecule has 0 spiro atoms. The average molecular weight is 408 g/mol. The van der Waals surface area contributed by atoms with Crippen LogP contribution in [0.2, 0.25) is 0 Å². The highest BCUT2D eigenvalue weighted by molar-refractivity contribution is 4.62. The van der Waals surface area contributed by atoms with Gasteiger partial charge in [-0.05, 0) is 5.92 Å². The molecule has 0 fully saturated rings. The number of hydrogen-bond donors (Lipinski definition) is 0. The van der Waals surface area contributed by atoms with Crippen molar-refractivity contribution in [3.05, 3.63) is 6.92 Å². The molecule has 0 aliphatic heterocycles. The summed E-state index contributed by atoms with van der Waals surface area (Å²) in [7, 11) is 0. The topological polar surface area (TPSA) is 0 Å². The quantitative estimate of drug-likeness (QED) is 0.132. The summed E-state index contributed by atoms with van der Waals surface area (Å²) in [6, 6.07) is 0. The van der Waals surface area contributed by atoms with Gasteiger partial charge in [-0.1, -0.05) is 181 Å². The minimum atomic E-state index is 1.01. The Morgan fingerprint density at radius 2 is 0.655 bits per heavy atom. The fourth-order valence-corrected chi connectivity index (χ4v) is 4.71. The van der Waals surface area contributed by atoms with Crippen molar-refractivity contribution in [2.45, 2.75) is 174 Å². The second kappa shape index (κ2) is 26.0. The van der Waals surface area contributed by atoms with E-state index in [1.165, 1.54) is 154 Å². The van der Waals surface area contributed by atoms with Crippen molar-refractivity contribution < 1.29 is 0 Å². The molecule has 0 rings (SSSR count). The first-order valence-corrected chi connectivity index (χ1v) is 14.1. The van der Waals surface area contributed by atoms with Gasteiger partial charge in [-0.25, -0.2) is 0 Å². The summed E-state index contributed by atoms with van der Waals surface area (Å²) < 4.78 is 0. The highest BCUT2D eigenvalue weighted by Crippen LogP contribution is 2.24. The fraction of sp³-hybridized carbons (Fsp3) is 0.966. The molecular weight excluding hydrogens is 348 g/mol. The third-order valence-corrected chi connectivity index (χ3v) is 6.79. The van der Waals surface area contributed by atoms with Gasteiger partial charge in [0, 0.05) is 0 Å². The summed E-state index contributed by atoms with van der Waals surface area (Å²) in [6.45, 7) is 8.65. The normalized spacial score (nSPS) is 12.5. The molecule has 0 aliphatic rings. The molecule has 0 saturated heterocycles. The van der Waals surface area contributed by atoms with Crippen LogP contribution >= 0.6 is 0 Å². The molecule has 0 aromatic carbocycles. The van der Waals surface area contributed by atoms with Crippen LogP contribution in [-0.4, -0.2) is 0 Å². The Balaban J connectivity index is 3.60. The Bertz CT molecular complexity index is 269. The molecule has 0 nitrogen and oxygen atoms in total. The van der Waals surface area contributed by atoms with E-state index in [-0.39, 0.29) is 0 Å². The summed E-state index contributed by atoms with van der Waals surface area (Å²) in [5, 5.41) is 0. The molecule has 0 N–H and O–H groups in total. The van der Waals surface area contributed by atoms with Crippen molar-refractivity contribution in [2.75, 3.05) is 0 Å². The first kappa shape index (κ1) is 29.0. The SMILES string of the molecule is [CH2]CCCCC(CCCCCCCCCC)CCCCCCCCCCCCC. The van der Waals surface area contributed by atoms with E-state index in [1.54, 1.807) is 0 Å². The van der Waals surface area contributed by atoms with Crippen LogP contribution < -0.4 is 0 Å². The molecule has 175 valence electrons. The van der Waals surface area contributed by atoms with Gasteiger partial charge in [-0.2, -0.15) is 0 Å². The van der Waals surface area contributed by atoms with Crippen LogP contribution in [0.15, 0.2) is 0 Å². The molecule has 1 atom stereocenters. The summed E-state index contributed by atoms with van der Waals surface area (Å²) >= 11 is 0. The lowest BCUT2D eigenvalue weighted by molar-refractivity contribution is 0.368. The highest BCUT2D eigenvalue weighted by Gasteiger charge is 2.08. The van der Waals surface area contributed by atoms with Crippen LogP contribution in [-0.2, 0) is 0 Å². The average Bonchev–Trinajstić information content (AvgIpc) is 2.73. The lowest BCUT2D eigenvalue weighted by Crippen LogP contribution is -2.01. The maximum atomic E-state index is 4.03. The largest absolute Gasteiger partial charge is 0.0654 e. The zero-order valence-corrected chi connectivity index (χ0v) is 21.0.